The Kier molecular flexibility index (Phi) is 7.95. The molecule has 10 heteroatoms. The van der Waals surface area contributed by atoms with Crippen molar-refractivity contribution in [2.24, 2.45) is 0 Å². The Labute approximate surface area is 245 Å². The highest BCUT2D eigenvalue weighted by Gasteiger charge is 2.35. The fraction of sp³-hybridized carbons (Fsp3) is 0.419. The topological polar surface area (TPSA) is 75.4 Å². The van der Waals surface area contributed by atoms with E-state index in [1.54, 1.807) is 4.90 Å². The van der Waals surface area contributed by atoms with Gasteiger partial charge < -0.3 is 29.0 Å². The van der Waals surface area contributed by atoms with Crippen molar-refractivity contribution in [3.63, 3.8) is 0 Å². The van der Waals surface area contributed by atoms with Crippen LogP contribution in [0.25, 0.3) is 15.6 Å². The Morgan fingerprint density at radius 3 is 2.73 bits per heavy atom. The predicted molar refractivity (Wildman–Crippen MR) is 160 cm³/mol. The van der Waals surface area contributed by atoms with E-state index in [0.717, 1.165) is 64.4 Å². The van der Waals surface area contributed by atoms with Gasteiger partial charge in [-0.3, -0.25) is 4.79 Å². The molecule has 1 amide bonds. The van der Waals surface area contributed by atoms with Crippen molar-refractivity contribution < 1.29 is 14.3 Å². The summed E-state index contributed by atoms with van der Waals surface area (Å²) >= 11 is 6.67. The van der Waals surface area contributed by atoms with Gasteiger partial charge in [-0.15, -0.1) is 0 Å². The molecular formula is C31H33ClN6O3. The van der Waals surface area contributed by atoms with Crippen LogP contribution < -0.4 is 14.5 Å². The number of halogens is 1. The molecule has 3 heterocycles. The van der Waals surface area contributed by atoms with Crippen molar-refractivity contribution in [1.82, 2.24) is 14.9 Å². The lowest BCUT2D eigenvalue weighted by atomic mass is 10.0. The number of carbonyl (C=O) groups excluding carboxylic acids is 1. The number of hydrogen-bond donors (Lipinski definition) is 0. The first-order chi connectivity index (χ1) is 20.1. The smallest absolute Gasteiger partial charge is 0.318 e. The quantitative estimate of drug-likeness (QED) is 0.212. The molecule has 1 saturated carbocycles. The fourth-order valence-electron chi connectivity index (χ4n) is 5.76. The Balaban J connectivity index is 1.31. The Hall–Kier alpha value is -3.87. The summed E-state index contributed by atoms with van der Waals surface area (Å²) in [7, 11) is 0. The lowest BCUT2D eigenvalue weighted by Crippen LogP contribution is -2.56. The Morgan fingerprint density at radius 2 is 1.95 bits per heavy atom. The molecule has 1 aliphatic carbocycles. The third-order valence-electron chi connectivity index (χ3n) is 7.93. The number of hydrogen-bond acceptors (Lipinski definition) is 7. The molecule has 2 aliphatic heterocycles. The minimum absolute atomic E-state index is 0.146. The Bertz CT molecular complexity index is 1500. The molecule has 0 spiro atoms. The molecule has 0 N–H and O–H groups in total. The molecule has 41 heavy (non-hydrogen) atoms. The molecule has 212 valence electrons. The SMILES string of the molecule is [C-]#[N+]CC1CN(c2nc(OCCOC3CC3)nc3c2CCN(c2cccc4cccc(Cl)c24)C3)CCN1C(=O)C=C. The fourth-order valence-corrected chi connectivity index (χ4v) is 6.04. The van der Waals surface area contributed by atoms with Gasteiger partial charge in [0.25, 0.3) is 0 Å². The van der Waals surface area contributed by atoms with Crippen LogP contribution in [0.1, 0.15) is 24.1 Å². The Morgan fingerprint density at radius 1 is 1.12 bits per heavy atom. The van der Waals surface area contributed by atoms with Crippen LogP contribution in [-0.2, 0) is 22.5 Å². The number of benzene rings is 2. The van der Waals surface area contributed by atoms with Crippen LogP contribution in [0.5, 0.6) is 6.01 Å². The lowest BCUT2D eigenvalue weighted by Gasteiger charge is -2.41. The summed E-state index contributed by atoms with van der Waals surface area (Å²) in [6, 6.07) is 12.3. The highest BCUT2D eigenvalue weighted by atomic mass is 35.5. The van der Waals surface area contributed by atoms with Crippen molar-refractivity contribution in [2.75, 3.05) is 55.7 Å². The second-order valence-corrected chi connectivity index (χ2v) is 11.0. The maximum Gasteiger partial charge on any atom is 0.318 e. The zero-order valence-electron chi connectivity index (χ0n) is 23.0. The van der Waals surface area contributed by atoms with Crippen LogP contribution in [-0.4, -0.2) is 78.9 Å². The van der Waals surface area contributed by atoms with Gasteiger partial charge in [0.1, 0.15) is 18.5 Å². The second-order valence-electron chi connectivity index (χ2n) is 10.6. The van der Waals surface area contributed by atoms with E-state index in [0.29, 0.717) is 51.5 Å². The molecule has 1 atom stereocenters. The minimum atomic E-state index is -0.244. The molecule has 3 aromatic rings. The van der Waals surface area contributed by atoms with E-state index in [-0.39, 0.29) is 18.5 Å². The van der Waals surface area contributed by atoms with Crippen LogP contribution in [0.3, 0.4) is 0 Å². The van der Waals surface area contributed by atoms with Crippen LogP contribution >= 0.6 is 11.6 Å². The number of piperazine rings is 1. The van der Waals surface area contributed by atoms with Crippen molar-refractivity contribution in [3.05, 3.63) is 76.8 Å². The zero-order valence-corrected chi connectivity index (χ0v) is 23.7. The molecule has 0 bridgehead atoms. The second kappa shape index (κ2) is 11.9. The third-order valence-corrected chi connectivity index (χ3v) is 8.24. The summed E-state index contributed by atoms with van der Waals surface area (Å²) in [5, 5.41) is 2.86. The molecule has 9 nitrogen and oxygen atoms in total. The number of anilines is 2. The maximum atomic E-state index is 12.5. The van der Waals surface area contributed by atoms with Crippen molar-refractivity contribution >= 4 is 39.8 Å². The highest BCUT2D eigenvalue weighted by molar-refractivity contribution is 6.36. The van der Waals surface area contributed by atoms with Gasteiger partial charge in [-0.2, -0.15) is 9.97 Å². The monoisotopic (exact) mass is 572 g/mol. The molecule has 1 saturated heterocycles. The zero-order chi connectivity index (χ0) is 28.3. The van der Waals surface area contributed by atoms with E-state index >= 15 is 0 Å². The standard InChI is InChI=1S/C31H33ClN6O3/c1-3-28(39)38-15-14-37(19-22(38)18-33-2)30-24-12-13-36(27-9-5-7-21-6-4-8-25(32)29(21)27)20-26(24)34-31(35-30)41-17-16-40-23-10-11-23/h3-9,22-23H,1,10-20H2. The molecule has 2 fully saturated rings. The number of ether oxygens (including phenoxy) is 2. The number of nitrogens with zero attached hydrogens (tertiary/aromatic N) is 6. The van der Waals surface area contributed by atoms with Gasteiger partial charge in [0, 0.05) is 42.8 Å². The molecule has 6 rings (SSSR count). The van der Waals surface area contributed by atoms with E-state index in [1.165, 1.54) is 6.08 Å². The van der Waals surface area contributed by atoms with Crippen molar-refractivity contribution in [3.8, 4) is 6.01 Å². The number of fused-ring (bicyclic) bond motifs is 2. The number of rotatable bonds is 9. The van der Waals surface area contributed by atoms with Crippen LogP contribution in [0.2, 0.25) is 5.02 Å². The predicted octanol–water partition coefficient (Wildman–Crippen LogP) is 4.53. The third kappa shape index (κ3) is 5.81. The summed E-state index contributed by atoms with van der Waals surface area (Å²) in [5.41, 5.74) is 3.07. The van der Waals surface area contributed by atoms with E-state index in [1.807, 2.05) is 12.1 Å². The minimum Gasteiger partial charge on any atom is -0.461 e. The van der Waals surface area contributed by atoms with Gasteiger partial charge in [0.2, 0.25) is 12.5 Å². The first-order valence-corrected chi connectivity index (χ1v) is 14.5. The van der Waals surface area contributed by atoms with E-state index in [2.05, 4.69) is 45.5 Å². The highest BCUT2D eigenvalue weighted by Crippen LogP contribution is 2.37. The molecule has 3 aliphatic rings. The molecule has 1 aromatic heterocycles. The average Bonchev–Trinajstić information content (AvgIpc) is 3.83. The van der Waals surface area contributed by atoms with Crippen molar-refractivity contribution in [1.29, 1.82) is 0 Å². The van der Waals surface area contributed by atoms with Gasteiger partial charge in [-0.05, 0) is 42.9 Å². The largest absolute Gasteiger partial charge is 0.461 e. The van der Waals surface area contributed by atoms with E-state index < -0.39 is 0 Å². The van der Waals surface area contributed by atoms with E-state index in [9.17, 15) is 4.79 Å². The maximum absolute atomic E-state index is 12.5. The summed E-state index contributed by atoms with van der Waals surface area (Å²) in [4.78, 5) is 32.1. The van der Waals surface area contributed by atoms with Gasteiger partial charge in [-0.1, -0.05) is 42.4 Å². The van der Waals surface area contributed by atoms with E-state index in [4.69, 9.17) is 37.6 Å². The molecule has 1 unspecified atom stereocenters. The molecular weight excluding hydrogens is 540 g/mol. The van der Waals surface area contributed by atoms with Crippen LogP contribution in [0, 0.1) is 6.57 Å². The average molecular weight is 573 g/mol. The van der Waals surface area contributed by atoms with Crippen LogP contribution in [0.15, 0.2) is 49.1 Å². The number of aromatic nitrogens is 2. The van der Waals surface area contributed by atoms with Gasteiger partial charge in [-0.25, -0.2) is 6.57 Å². The van der Waals surface area contributed by atoms with Gasteiger partial charge >= 0.3 is 6.01 Å². The molecule has 2 aromatic carbocycles. The molecule has 0 radical (unpaired) electrons. The van der Waals surface area contributed by atoms with Gasteiger partial charge in [0.05, 0.1) is 30.0 Å². The first-order valence-electron chi connectivity index (χ1n) is 14.1. The summed E-state index contributed by atoms with van der Waals surface area (Å²) < 4.78 is 11.8. The number of carbonyl (C=O) groups is 1. The summed E-state index contributed by atoms with van der Waals surface area (Å²) in [6.45, 7) is 15.2. The number of amides is 1. The van der Waals surface area contributed by atoms with Crippen LogP contribution in [0.4, 0.5) is 11.5 Å². The first kappa shape index (κ1) is 27.3. The van der Waals surface area contributed by atoms with Gasteiger partial charge in [0.15, 0.2) is 0 Å². The van der Waals surface area contributed by atoms with Crippen molar-refractivity contribution in [2.45, 2.75) is 38.0 Å². The summed E-state index contributed by atoms with van der Waals surface area (Å²) in [5.74, 6) is 0.677. The lowest BCUT2D eigenvalue weighted by molar-refractivity contribution is -0.128. The normalized spacial score (nSPS) is 18.6. The summed E-state index contributed by atoms with van der Waals surface area (Å²) in [6.07, 6.45) is 4.64.